The molecule has 0 aliphatic rings. The van der Waals surface area contributed by atoms with E-state index >= 15 is 0 Å². The van der Waals surface area contributed by atoms with Gasteiger partial charge < -0.3 is 15.0 Å². The highest BCUT2D eigenvalue weighted by Crippen LogP contribution is 2.24. The van der Waals surface area contributed by atoms with Crippen LogP contribution in [0.1, 0.15) is 21.5 Å². The van der Waals surface area contributed by atoms with Crippen LogP contribution in [0.25, 0.3) is 11.1 Å². The molecule has 150 valence electrons. The molecule has 5 heteroatoms. The van der Waals surface area contributed by atoms with Crippen molar-refractivity contribution in [3.63, 3.8) is 0 Å². The molecule has 0 unspecified atom stereocenters. The average Bonchev–Trinajstić information content (AvgIpc) is 2.72. The first kappa shape index (κ1) is 20.6. The molecule has 0 aromatic heterocycles. The van der Waals surface area contributed by atoms with Crippen molar-refractivity contribution in [2.24, 2.45) is 0 Å². The zero-order chi connectivity index (χ0) is 20.8. The summed E-state index contributed by atoms with van der Waals surface area (Å²) in [6.07, 6.45) is 0. The number of nitrogens with one attached hydrogen (secondary N) is 1. The molecule has 0 spiro atoms. The van der Waals surface area contributed by atoms with Crippen LogP contribution in [0.15, 0.2) is 66.7 Å². The second-order valence-electron chi connectivity index (χ2n) is 7.12. The molecule has 3 aromatic carbocycles. The molecule has 4 nitrogen and oxygen atoms in total. The lowest BCUT2D eigenvalue weighted by molar-refractivity contribution is 0.0947. The molecule has 0 heterocycles. The molecule has 1 amide bonds. The Morgan fingerprint density at radius 1 is 1.03 bits per heavy atom. The summed E-state index contributed by atoms with van der Waals surface area (Å²) in [7, 11) is 5.54. The summed E-state index contributed by atoms with van der Waals surface area (Å²) in [6, 6.07) is 20.5. The standard InChI is InChI=1S/C24H25FN2O2/c1-27(2)16-17-8-10-18(11-9-17)21-7-5-4-6-19(21)15-26-24(28)22-13-12-20(29-3)14-23(22)25/h4-14H,15-16H2,1-3H3,(H,26,28). The van der Waals surface area contributed by atoms with E-state index in [0.29, 0.717) is 12.3 Å². The number of hydrogen-bond donors (Lipinski definition) is 1. The van der Waals surface area contributed by atoms with E-state index in [1.165, 1.54) is 24.8 Å². The van der Waals surface area contributed by atoms with Crippen LogP contribution in [-0.2, 0) is 13.1 Å². The van der Waals surface area contributed by atoms with Gasteiger partial charge in [0.2, 0.25) is 0 Å². The number of methoxy groups -OCH3 is 1. The van der Waals surface area contributed by atoms with Crippen LogP contribution in [0.3, 0.4) is 0 Å². The molecule has 0 aliphatic heterocycles. The smallest absolute Gasteiger partial charge is 0.254 e. The van der Waals surface area contributed by atoms with Gasteiger partial charge in [-0.3, -0.25) is 4.79 Å². The first-order valence-corrected chi connectivity index (χ1v) is 9.41. The molecule has 3 rings (SSSR count). The van der Waals surface area contributed by atoms with Crippen LogP contribution in [0, 0.1) is 5.82 Å². The van der Waals surface area contributed by atoms with Crippen LogP contribution in [0.5, 0.6) is 5.75 Å². The largest absolute Gasteiger partial charge is 0.497 e. The lowest BCUT2D eigenvalue weighted by atomic mass is 9.98. The van der Waals surface area contributed by atoms with E-state index in [4.69, 9.17) is 4.74 Å². The van der Waals surface area contributed by atoms with Gasteiger partial charge in [-0.2, -0.15) is 0 Å². The number of amides is 1. The summed E-state index contributed by atoms with van der Waals surface area (Å²) in [5.41, 5.74) is 4.32. The molecule has 0 fully saturated rings. The lowest BCUT2D eigenvalue weighted by Gasteiger charge is -2.13. The van der Waals surface area contributed by atoms with E-state index < -0.39 is 11.7 Å². The Balaban J connectivity index is 1.75. The summed E-state index contributed by atoms with van der Waals surface area (Å²) in [6.45, 7) is 1.19. The molecule has 0 aliphatic carbocycles. The molecule has 1 N–H and O–H groups in total. The fourth-order valence-electron chi connectivity index (χ4n) is 3.19. The SMILES string of the molecule is COc1ccc(C(=O)NCc2ccccc2-c2ccc(CN(C)C)cc2)c(F)c1. The fraction of sp³-hybridized carbons (Fsp3) is 0.208. The van der Waals surface area contributed by atoms with E-state index in [2.05, 4.69) is 34.5 Å². The number of halogens is 1. The summed E-state index contributed by atoms with van der Waals surface area (Å²) < 4.78 is 19.1. The molecular weight excluding hydrogens is 367 g/mol. The number of ether oxygens (including phenoxy) is 1. The second-order valence-corrected chi connectivity index (χ2v) is 7.12. The number of nitrogens with zero attached hydrogens (tertiary/aromatic N) is 1. The third-order valence-electron chi connectivity index (χ3n) is 4.64. The van der Waals surface area contributed by atoms with Gasteiger partial charge >= 0.3 is 0 Å². The lowest BCUT2D eigenvalue weighted by Crippen LogP contribution is -2.24. The molecule has 0 radical (unpaired) electrons. The van der Waals surface area contributed by atoms with Gasteiger partial charge in [-0.25, -0.2) is 4.39 Å². The monoisotopic (exact) mass is 392 g/mol. The Hall–Kier alpha value is -3.18. The third-order valence-corrected chi connectivity index (χ3v) is 4.64. The van der Waals surface area contributed by atoms with E-state index in [1.807, 2.05) is 38.4 Å². The molecule has 0 saturated carbocycles. The maximum atomic E-state index is 14.1. The van der Waals surface area contributed by atoms with Crippen molar-refractivity contribution in [1.29, 1.82) is 0 Å². The molecule has 0 saturated heterocycles. The van der Waals surface area contributed by atoms with Crippen molar-refractivity contribution in [3.8, 4) is 16.9 Å². The Kier molecular flexibility index (Phi) is 6.62. The van der Waals surface area contributed by atoms with E-state index in [9.17, 15) is 9.18 Å². The Labute approximate surface area is 170 Å². The van der Waals surface area contributed by atoms with Gasteiger partial charge in [-0.1, -0.05) is 48.5 Å². The number of carbonyl (C=O) groups excluding carboxylic acids is 1. The molecule has 0 atom stereocenters. The van der Waals surface area contributed by atoms with E-state index in [1.54, 1.807) is 6.07 Å². The van der Waals surface area contributed by atoms with Gasteiger partial charge in [0, 0.05) is 19.2 Å². The van der Waals surface area contributed by atoms with Crippen molar-refractivity contribution >= 4 is 5.91 Å². The van der Waals surface area contributed by atoms with E-state index in [-0.39, 0.29) is 5.56 Å². The minimum atomic E-state index is -0.605. The first-order chi connectivity index (χ1) is 14.0. The molecule has 29 heavy (non-hydrogen) atoms. The van der Waals surface area contributed by atoms with Gasteiger partial charge in [0.15, 0.2) is 0 Å². The van der Waals surface area contributed by atoms with Gasteiger partial charge in [-0.05, 0) is 48.5 Å². The maximum absolute atomic E-state index is 14.1. The predicted octanol–water partition coefficient (Wildman–Crippen LogP) is 4.49. The predicted molar refractivity (Wildman–Crippen MR) is 113 cm³/mol. The van der Waals surface area contributed by atoms with Gasteiger partial charge in [0.05, 0.1) is 12.7 Å². The van der Waals surface area contributed by atoms with Crippen LogP contribution in [-0.4, -0.2) is 32.0 Å². The number of carbonyl (C=O) groups is 1. The fourth-order valence-corrected chi connectivity index (χ4v) is 3.19. The van der Waals surface area contributed by atoms with Crippen LogP contribution < -0.4 is 10.1 Å². The van der Waals surface area contributed by atoms with Crippen LogP contribution in [0.2, 0.25) is 0 Å². The Bertz CT molecular complexity index is 984. The van der Waals surface area contributed by atoms with Crippen molar-refractivity contribution in [1.82, 2.24) is 10.2 Å². The second kappa shape index (κ2) is 9.34. The maximum Gasteiger partial charge on any atom is 0.254 e. The highest BCUT2D eigenvalue weighted by Gasteiger charge is 2.13. The number of rotatable bonds is 7. The van der Waals surface area contributed by atoms with Gasteiger partial charge in [0.1, 0.15) is 11.6 Å². The highest BCUT2D eigenvalue weighted by molar-refractivity contribution is 5.94. The summed E-state index contributed by atoms with van der Waals surface area (Å²) in [4.78, 5) is 14.6. The third kappa shape index (κ3) is 5.21. The quantitative estimate of drug-likeness (QED) is 0.644. The first-order valence-electron chi connectivity index (χ1n) is 9.41. The summed E-state index contributed by atoms with van der Waals surface area (Å²) in [5, 5.41) is 2.81. The summed E-state index contributed by atoms with van der Waals surface area (Å²) >= 11 is 0. The van der Waals surface area contributed by atoms with Crippen molar-refractivity contribution in [2.75, 3.05) is 21.2 Å². The van der Waals surface area contributed by atoms with Crippen LogP contribution >= 0.6 is 0 Å². The zero-order valence-electron chi connectivity index (χ0n) is 16.9. The molecular formula is C24H25FN2O2. The van der Waals surface area contributed by atoms with Crippen molar-refractivity contribution in [3.05, 3.63) is 89.2 Å². The highest BCUT2D eigenvalue weighted by atomic mass is 19.1. The van der Waals surface area contributed by atoms with Crippen LogP contribution in [0.4, 0.5) is 4.39 Å². The van der Waals surface area contributed by atoms with Crippen molar-refractivity contribution in [2.45, 2.75) is 13.1 Å². The molecule has 0 bridgehead atoms. The van der Waals surface area contributed by atoms with Gasteiger partial charge in [-0.15, -0.1) is 0 Å². The number of benzene rings is 3. The topological polar surface area (TPSA) is 41.6 Å². The number of hydrogen-bond acceptors (Lipinski definition) is 3. The Morgan fingerprint density at radius 3 is 2.41 bits per heavy atom. The zero-order valence-corrected chi connectivity index (χ0v) is 16.9. The van der Waals surface area contributed by atoms with Crippen molar-refractivity contribution < 1.29 is 13.9 Å². The van der Waals surface area contributed by atoms with Gasteiger partial charge in [0.25, 0.3) is 5.91 Å². The average molecular weight is 392 g/mol. The van der Waals surface area contributed by atoms with E-state index in [0.717, 1.165) is 23.2 Å². The minimum Gasteiger partial charge on any atom is -0.497 e. The molecule has 3 aromatic rings. The normalized spacial score (nSPS) is 10.8. The Morgan fingerprint density at radius 2 is 1.76 bits per heavy atom. The summed E-state index contributed by atoms with van der Waals surface area (Å²) in [5.74, 6) is -0.685. The minimum absolute atomic E-state index is 0.00341.